The van der Waals surface area contributed by atoms with Gasteiger partial charge in [0.1, 0.15) is 0 Å². The summed E-state index contributed by atoms with van der Waals surface area (Å²) in [6.45, 7) is 9.36. The Bertz CT molecular complexity index is 1120. The molecule has 0 radical (unpaired) electrons. The van der Waals surface area contributed by atoms with Gasteiger partial charge >= 0.3 is 0 Å². The predicted molar refractivity (Wildman–Crippen MR) is 116 cm³/mol. The van der Waals surface area contributed by atoms with E-state index >= 15 is 0 Å². The van der Waals surface area contributed by atoms with E-state index in [1.54, 1.807) is 17.0 Å². The monoisotopic (exact) mass is 419 g/mol. The summed E-state index contributed by atoms with van der Waals surface area (Å²) in [7, 11) is 0. The highest BCUT2D eigenvalue weighted by molar-refractivity contribution is 6.53. The third-order valence-electron chi connectivity index (χ3n) is 6.35. The maximum Gasteiger partial charge on any atom is 0.300 e. The van der Waals surface area contributed by atoms with E-state index in [9.17, 15) is 14.4 Å². The van der Waals surface area contributed by atoms with Gasteiger partial charge in [-0.05, 0) is 56.2 Å². The molecule has 5 rings (SSSR count). The lowest BCUT2D eigenvalue weighted by Gasteiger charge is -2.41. The number of amides is 2. The van der Waals surface area contributed by atoms with E-state index in [0.717, 1.165) is 35.5 Å². The molecular formula is C24H25N3O4. The standard InChI is InChI=1S/C24H25N3O4/c1-15-11-17-16(13-24(2,3)27-20(17)18(12-15)21(28)23(27)30)14-25-6-8-26(9-7-25)22(29)19-5-4-10-31-19/h4-5,10-13H,6-9,14H2,1-3H3. The topological polar surface area (TPSA) is 74.1 Å². The Morgan fingerprint density at radius 1 is 1.10 bits per heavy atom. The van der Waals surface area contributed by atoms with E-state index in [2.05, 4.69) is 17.0 Å². The lowest BCUT2D eigenvalue weighted by Crippen LogP contribution is -2.50. The SMILES string of the molecule is Cc1cc2c3c(c1)C(CN1CCN(C(=O)c4ccco4)CC1)=CC(C)(C)N3C(=O)C2=O. The molecule has 1 aromatic heterocycles. The van der Waals surface area contributed by atoms with Crippen LogP contribution in [-0.2, 0) is 4.79 Å². The molecule has 0 unspecified atom stereocenters. The molecule has 0 bridgehead atoms. The minimum Gasteiger partial charge on any atom is -0.459 e. The first-order chi connectivity index (χ1) is 14.8. The van der Waals surface area contributed by atoms with Gasteiger partial charge in [0.15, 0.2) is 5.76 Å². The summed E-state index contributed by atoms with van der Waals surface area (Å²) in [4.78, 5) is 43.6. The molecule has 2 aromatic rings. The summed E-state index contributed by atoms with van der Waals surface area (Å²) < 4.78 is 5.24. The van der Waals surface area contributed by atoms with Gasteiger partial charge in [-0.3, -0.25) is 24.2 Å². The molecule has 7 nitrogen and oxygen atoms in total. The molecule has 4 heterocycles. The minimum atomic E-state index is -0.577. The van der Waals surface area contributed by atoms with E-state index in [1.165, 1.54) is 6.26 Å². The number of hydrogen-bond donors (Lipinski definition) is 0. The Hall–Kier alpha value is -3.19. The van der Waals surface area contributed by atoms with Crippen LogP contribution in [0.2, 0.25) is 0 Å². The van der Waals surface area contributed by atoms with Crippen LogP contribution < -0.4 is 4.90 Å². The van der Waals surface area contributed by atoms with Crippen molar-refractivity contribution in [1.82, 2.24) is 9.80 Å². The van der Waals surface area contributed by atoms with Gasteiger partial charge in [-0.1, -0.05) is 6.08 Å². The Balaban J connectivity index is 1.38. The molecule has 1 fully saturated rings. The fourth-order valence-electron chi connectivity index (χ4n) is 4.91. The Morgan fingerprint density at radius 3 is 2.48 bits per heavy atom. The summed E-state index contributed by atoms with van der Waals surface area (Å²) in [6.07, 6.45) is 3.62. The minimum absolute atomic E-state index is 0.0770. The lowest BCUT2D eigenvalue weighted by atomic mass is 9.87. The van der Waals surface area contributed by atoms with Crippen molar-refractivity contribution in [2.24, 2.45) is 0 Å². The molecule has 0 spiro atoms. The summed E-state index contributed by atoms with van der Waals surface area (Å²) in [6, 6.07) is 7.29. The van der Waals surface area contributed by atoms with Crippen LogP contribution in [0.15, 0.2) is 41.0 Å². The number of piperazine rings is 1. The van der Waals surface area contributed by atoms with E-state index < -0.39 is 17.2 Å². The summed E-state index contributed by atoms with van der Waals surface area (Å²) in [5.41, 5.74) is 3.72. The predicted octanol–water partition coefficient (Wildman–Crippen LogP) is 2.75. The van der Waals surface area contributed by atoms with Crippen LogP contribution in [0.3, 0.4) is 0 Å². The van der Waals surface area contributed by atoms with Gasteiger partial charge in [0, 0.05) is 38.3 Å². The number of hydrogen-bond acceptors (Lipinski definition) is 5. The van der Waals surface area contributed by atoms with Crippen molar-refractivity contribution in [2.45, 2.75) is 26.3 Å². The Morgan fingerprint density at radius 2 is 1.81 bits per heavy atom. The van der Waals surface area contributed by atoms with Crippen molar-refractivity contribution < 1.29 is 18.8 Å². The first-order valence-electron chi connectivity index (χ1n) is 10.6. The molecular weight excluding hydrogens is 394 g/mol. The van der Waals surface area contributed by atoms with E-state index in [0.29, 0.717) is 31.0 Å². The Kier molecular flexibility index (Phi) is 4.41. The van der Waals surface area contributed by atoms with Crippen LogP contribution in [0, 0.1) is 6.92 Å². The molecule has 0 atom stereocenters. The number of aryl methyl sites for hydroxylation is 1. The first kappa shape index (κ1) is 19.8. The van der Waals surface area contributed by atoms with Crippen molar-refractivity contribution in [3.63, 3.8) is 0 Å². The highest BCUT2D eigenvalue weighted by Gasteiger charge is 2.47. The lowest BCUT2D eigenvalue weighted by molar-refractivity contribution is -0.115. The third-order valence-corrected chi connectivity index (χ3v) is 6.35. The average Bonchev–Trinajstić information content (AvgIpc) is 3.35. The quantitative estimate of drug-likeness (QED) is 0.716. The second-order valence-corrected chi connectivity index (χ2v) is 9.05. The van der Waals surface area contributed by atoms with Crippen molar-refractivity contribution in [3.05, 3.63) is 59.1 Å². The highest BCUT2D eigenvalue weighted by atomic mass is 16.3. The highest BCUT2D eigenvalue weighted by Crippen LogP contribution is 2.46. The number of carbonyl (C=O) groups is 3. The molecule has 0 saturated carbocycles. The number of ketones is 1. The zero-order valence-electron chi connectivity index (χ0n) is 18.0. The van der Waals surface area contributed by atoms with Crippen molar-refractivity contribution in [3.8, 4) is 0 Å². The zero-order chi connectivity index (χ0) is 21.9. The molecule has 160 valence electrons. The van der Waals surface area contributed by atoms with Gasteiger partial charge in [-0.15, -0.1) is 0 Å². The Labute approximate surface area is 180 Å². The maximum absolute atomic E-state index is 12.7. The molecule has 1 saturated heterocycles. The van der Waals surface area contributed by atoms with Crippen molar-refractivity contribution in [1.29, 1.82) is 0 Å². The van der Waals surface area contributed by atoms with E-state index in [-0.39, 0.29) is 5.91 Å². The van der Waals surface area contributed by atoms with Gasteiger partial charge in [-0.2, -0.15) is 0 Å². The van der Waals surface area contributed by atoms with E-state index in [4.69, 9.17) is 4.42 Å². The molecule has 31 heavy (non-hydrogen) atoms. The number of carbonyl (C=O) groups excluding carboxylic acids is 3. The van der Waals surface area contributed by atoms with Crippen LogP contribution in [-0.4, -0.2) is 65.7 Å². The fourth-order valence-corrected chi connectivity index (χ4v) is 4.91. The third kappa shape index (κ3) is 3.11. The van der Waals surface area contributed by atoms with Gasteiger partial charge in [0.2, 0.25) is 0 Å². The molecule has 2 amide bonds. The number of anilines is 1. The number of Topliss-reactive ketones (excluding diaryl/α,β-unsaturated/α-hetero) is 1. The molecule has 0 aliphatic carbocycles. The smallest absolute Gasteiger partial charge is 0.300 e. The molecule has 1 aromatic carbocycles. The summed E-state index contributed by atoms with van der Waals surface area (Å²) >= 11 is 0. The normalized spacial score (nSPS) is 20.2. The van der Waals surface area contributed by atoms with Crippen LogP contribution in [0.1, 0.15) is 45.9 Å². The largest absolute Gasteiger partial charge is 0.459 e. The number of nitrogens with zero attached hydrogens (tertiary/aromatic N) is 3. The number of benzene rings is 1. The molecule has 0 N–H and O–H groups in total. The van der Waals surface area contributed by atoms with Crippen molar-refractivity contribution in [2.75, 3.05) is 37.6 Å². The van der Waals surface area contributed by atoms with Crippen LogP contribution in [0.25, 0.3) is 5.57 Å². The zero-order valence-corrected chi connectivity index (χ0v) is 18.0. The van der Waals surface area contributed by atoms with E-state index in [1.807, 2.05) is 31.7 Å². The van der Waals surface area contributed by atoms with Gasteiger partial charge in [-0.25, -0.2) is 0 Å². The molecule has 7 heteroatoms. The van der Waals surface area contributed by atoms with Gasteiger partial charge in [0.05, 0.1) is 23.1 Å². The van der Waals surface area contributed by atoms with Crippen LogP contribution >= 0.6 is 0 Å². The average molecular weight is 419 g/mol. The fraction of sp³-hybridized carbons (Fsp3) is 0.375. The summed E-state index contributed by atoms with van der Waals surface area (Å²) in [5, 5.41) is 0. The number of furan rings is 1. The van der Waals surface area contributed by atoms with Crippen LogP contribution in [0.5, 0.6) is 0 Å². The second-order valence-electron chi connectivity index (χ2n) is 9.05. The number of rotatable bonds is 3. The van der Waals surface area contributed by atoms with Gasteiger partial charge in [0.25, 0.3) is 17.6 Å². The second kappa shape index (κ2) is 6.92. The van der Waals surface area contributed by atoms with Crippen LogP contribution in [0.4, 0.5) is 5.69 Å². The van der Waals surface area contributed by atoms with Crippen molar-refractivity contribution >= 4 is 28.9 Å². The first-order valence-corrected chi connectivity index (χ1v) is 10.6. The molecule has 3 aliphatic rings. The summed E-state index contributed by atoms with van der Waals surface area (Å²) in [5.74, 6) is -0.582. The maximum atomic E-state index is 12.7. The van der Waals surface area contributed by atoms with Gasteiger partial charge < -0.3 is 9.32 Å². The molecule has 3 aliphatic heterocycles.